The first kappa shape index (κ1) is 14.8. The van der Waals surface area contributed by atoms with Crippen molar-refractivity contribution in [2.24, 2.45) is 0 Å². The number of benzene rings is 1. The molecule has 106 valence electrons. The van der Waals surface area contributed by atoms with E-state index in [1.165, 1.54) is 4.68 Å². The van der Waals surface area contributed by atoms with Gasteiger partial charge in [-0.2, -0.15) is 5.26 Å². The lowest BCUT2D eigenvalue weighted by molar-refractivity contribution is 0.826. The Labute approximate surface area is 140 Å². The zero-order valence-corrected chi connectivity index (χ0v) is 13.7. The summed E-state index contributed by atoms with van der Waals surface area (Å²) in [6.45, 7) is 0. The molecular weight excluding hydrogens is 347 g/mol. The second kappa shape index (κ2) is 6.32. The molecule has 0 saturated carbocycles. The first-order valence-electron chi connectivity index (χ1n) is 5.94. The first-order chi connectivity index (χ1) is 10.2. The molecule has 1 aliphatic rings. The standard InChI is InChI=1S/C13H8Cl2N4S2/c14-8-1-2-9(10(15)5-8)12-7-20-13(21-12)11(6-16)19-4-3-17-18-19/h1-5,12H,7H2/b13-11+/t12-/m0/s1. The van der Waals surface area contributed by atoms with Crippen molar-refractivity contribution in [1.29, 1.82) is 5.26 Å². The van der Waals surface area contributed by atoms with Gasteiger partial charge in [-0.15, -0.1) is 28.6 Å². The van der Waals surface area contributed by atoms with Crippen molar-refractivity contribution >= 4 is 52.4 Å². The van der Waals surface area contributed by atoms with Gasteiger partial charge >= 0.3 is 0 Å². The van der Waals surface area contributed by atoms with Crippen LogP contribution in [0.3, 0.4) is 0 Å². The van der Waals surface area contributed by atoms with E-state index in [1.807, 2.05) is 12.1 Å². The fourth-order valence-corrected chi connectivity index (χ4v) is 5.41. The van der Waals surface area contributed by atoms with E-state index in [4.69, 9.17) is 23.2 Å². The van der Waals surface area contributed by atoms with Gasteiger partial charge in [0, 0.05) is 21.0 Å². The minimum Gasteiger partial charge on any atom is -0.208 e. The summed E-state index contributed by atoms with van der Waals surface area (Å²) < 4.78 is 2.42. The highest BCUT2D eigenvalue weighted by molar-refractivity contribution is 8.25. The molecule has 1 saturated heterocycles. The van der Waals surface area contributed by atoms with Crippen LogP contribution < -0.4 is 0 Å². The molecule has 1 aliphatic heterocycles. The number of hydrogen-bond donors (Lipinski definition) is 0. The molecule has 21 heavy (non-hydrogen) atoms. The van der Waals surface area contributed by atoms with Crippen molar-refractivity contribution < 1.29 is 0 Å². The molecule has 0 spiro atoms. The summed E-state index contributed by atoms with van der Waals surface area (Å²) >= 11 is 15.4. The molecule has 3 rings (SSSR count). The molecule has 0 radical (unpaired) electrons. The highest BCUT2D eigenvalue weighted by Crippen LogP contribution is 2.53. The molecular formula is C13H8Cl2N4S2. The quantitative estimate of drug-likeness (QED) is 0.745. The lowest BCUT2D eigenvalue weighted by Crippen LogP contribution is -1.97. The summed E-state index contributed by atoms with van der Waals surface area (Å²) in [6, 6.07) is 7.70. The molecule has 0 unspecified atom stereocenters. The van der Waals surface area contributed by atoms with Crippen LogP contribution in [0.25, 0.3) is 5.70 Å². The van der Waals surface area contributed by atoms with Crippen molar-refractivity contribution in [1.82, 2.24) is 15.0 Å². The monoisotopic (exact) mass is 354 g/mol. The molecule has 1 aromatic heterocycles. The van der Waals surface area contributed by atoms with Crippen LogP contribution in [0.4, 0.5) is 0 Å². The highest BCUT2D eigenvalue weighted by atomic mass is 35.5. The van der Waals surface area contributed by atoms with Crippen LogP contribution >= 0.6 is 46.7 Å². The Bertz CT molecular complexity index is 737. The topological polar surface area (TPSA) is 54.5 Å². The predicted molar refractivity (Wildman–Crippen MR) is 88.1 cm³/mol. The zero-order valence-electron chi connectivity index (χ0n) is 10.5. The van der Waals surface area contributed by atoms with Crippen LogP contribution in [0.2, 0.25) is 10.0 Å². The van der Waals surface area contributed by atoms with E-state index in [0.717, 1.165) is 15.6 Å². The van der Waals surface area contributed by atoms with Gasteiger partial charge in [-0.25, -0.2) is 4.68 Å². The Balaban J connectivity index is 1.90. The molecule has 8 heteroatoms. The van der Waals surface area contributed by atoms with Crippen LogP contribution in [0.1, 0.15) is 10.8 Å². The van der Waals surface area contributed by atoms with E-state index in [-0.39, 0.29) is 5.25 Å². The number of allylic oxidation sites excluding steroid dienone is 1. The van der Waals surface area contributed by atoms with E-state index < -0.39 is 0 Å². The number of nitrogens with zero attached hydrogens (tertiary/aromatic N) is 4. The fourth-order valence-electron chi connectivity index (χ4n) is 1.91. The van der Waals surface area contributed by atoms with Gasteiger partial charge < -0.3 is 0 Å². The maximum atomic E-state index is 9.34. The van der Waals surface area contributed by atoms with Gasteiger partial charge in [-0.05, 0) is 17.7 Å². The smallest absolute Gasteiger partial charge is 0.163 e. The van der Waals surface area contributed by atoms with E-state index in [9.17, 15) is 5.26 Å². The minimum absolute atomic E-state index is 0.196. The molecule has 4 nitrogen and oxygen atoms in total. The number of rotatable bonds is 2. The van der Waals surface area contributed by atoms with Crippen LogP contribution in [0, 0.1) is 11.3 Å². The first-order valence-corrected chi connectivity index (χ1v) is 8.56. The van der Waals surface area contributed by atoms with Gasteiger partial charge in [0.2, 0.25) is 0 Å². The molecule has 1 aromatic carbocycles. The number of hydrogen-bond acceptors (Lipinski definition) is 5. The zero-order chi connectivity index (χ0) is 14.8. The maximum absolute atomic E-state index is 9.34. The van der Waals surface area contributed by atoms with E-state index in [2.05, 4.69) is 16.4 Å². The number of nitriles is 1. The summed E-state index contributed by atoms with van der Waals surface area (Å²) in [5.41, 5.74) is 1.53. The Morgan fingerprint density at radius 3 is 2.95 bits per heavy atom. The molecule has 2 aromatic rings. The normalized spacial score (nSPS) is 20.3. The summed E-state index contributed by atoms with van der Waals surface area (Å²) in [5.74, 6) is 0.848. The van der Waals surface area contributed by atoms with Gasteiger partial charge in [0.1, 0.15) is 6.07 Å². The van der Waals surface area contributed by atoms with Gasteiger partial charge in [-0.1, -0.05) is 34.5 Å². The fraction of sp³-hybridized carbons (Fsp3) is 0.154. The molecule has 0 bridgehead atoms. The van der Waals surface area contributed by atoms with E-state index in [1.54, 1.807) is 42.0 Å². The molecule has 2 heterocycles. The third kappa shape index (κ3) is 3.06. The van der Waals surface area contributed by atoms with Crippen LogP contribution in [0.15, 0.2) is 34.8 Å². The van der Waals surface area contributed by atoms with Crippen molar-refractivity contribution in [3.8, 4) is 6.07 Å². The highest BCUT2D eigenvalue weighted by Gasteiger charge is 2.27. The van der Waals surface area contributed by atoms with Crippen LogP contribution in [-0.4, -0.2) is 20.7 Å². The number of halogens is 2. The predicted octanol–water partition coefficient (Wildman–Crippen LogP) is 4.46. The van der Waals surface area contributed by atoms with Gasteiger partial charge in [-0.3, -0.25) is 0 Å². The molecule has 1 fully saturated rings. The maximum Gasteiger partial charge on any atom is 0.163 e. The number of aromatic nitrogens is 3. The summed E-state index contributed by atoms with van der Waals surface area (Å²) in [7, 11) is 0. The third-order valence-electron chi connectivity index (χ3n) is 2.88. The minimum atomic E-state index is 0.196. The van der Waals surface area contributed by atoms with Gasteiger partial charge in [0.05, 0.1) is 16.6 Å². The lowest BCUT2D eigenvalue weighted by atomic mass is 10.2. The Hall–Kier alpha value is -1.13. The van der Waals surface area contributed by atoms with E-state index >= 15 is 0 Å². The van der Waals surface area contributed by atoms with E-state index in [0.29, 0.717) is 15.7 Å². The Kier molecular flexibility index (Phi) is 4.45. The second-order valence-electron chi connectivity index (χ2n) is 4.18. The second-order valence-corrected chi connectivity index (χ2v) is 7.52. The Morgan fingerprint density at radius 1 is 1.43 bits per heavy atom. The Morgan fingerprint density at radius 2 is 2.29 bits per heavy atom. The van der Waals surface area contributed by atoms with Crippen molar-refractivity contribution in [3.05, 3.63) is 50.4 Å². The van der Waals surface area contributed by atoms with Gasteiger partial charge in [0.15, 0.2) is 5.70 Å². The van der Waals surface area contributed by atoms with Crippen molar-refractivity contribution in [2.75, 3.05) is 5.75 Å². The summed E-state index contributed by atoms with van der Waals surface area (Å²) in [5, 5.41) is 18.4. The van der Waals surface area contributed by atoms with Crippen LogP contribution in [-0.2, 0) is 0 Å². The average molecular weight is 355 g/mol. The molecule has 0 N–H and O–H groups in total. The van der Waals surface area contributed by atoms with Gasteiger partial charge in [0.25, 0.3) is 0 Å². The van der Waals surface area contributed by atoms with Crippen molar-refractivity contribution in [3.63, 3.8) is 0 Å². The summed E-state index contributed by atoms with van der Waals surface area (Å²) in [6.07, 6.45) is 3.21. The van der Waals surface area contributed by atoms with Crippen LogP contribution in [0.5, 0.6) is 0 Å². The van der Waals surface area contributed by atoms with Crippen molar-refractivity contribution in [2.45, 2.75) is 5.25 Å². The summed E-state index contributed by atoms with van der Waals surface area (Å²) in [4.78, 5) is 0. The number of thioether (sulfide) groups is 2. The lowest BCUT2D eigenvalue weighted by Gasteiger charge is -2.10. The largest absolute Gasteiger partial charge is 0.208 e. The molecule has 0 aliphatic carbocycles. The average Bonchev–Trinajstić information content (AvgIpc) is 3.12. The third-order valence-corrected chi connectivity index (χ3v) is 6.36. The molecule has 0 amide bonds. The molecule has 1 atom stereocenters. The SMILES string of the molecule is N#C/C(=C1/SC[C@@H](c2ccc(Cl)cc2Cl)S1)n1ccnn1.